The fourth-order valence-corrected chi connectivity index (χ4v) is 7.12. The van der Waals surface area contributed by atoms with E-state index in [9.17, 15) is 14.3 Å². The number of esters is 1. The van der Waals surface area contributed by atoms with Crippen molar-refractivity contribution in [1.29, 1.82) is 0 Å². The van der Waals surface area contributed by atoms with E-state index >= 15 is 0 Å². The molecule has 2 atom stereocenters. The molecule has 0 aromatic carbocycles. The van der Waals surface area contributed by atoms with Crippen molar-refractivity contribution in [2.45, 2.75) is 206 Å². The molecule has 2 unspecified atom stereocenters. The number of ether oxygens (including phenoxy) is 2. The van der Waals surface area contributed by atoms with Gasteiger partial charge in [0.2, 0.25) is 0 Å². The Balaban J connectivity index is 4.22. The van der Waals surface area contributed by atoms with Crippen molar-refractivity contribution in [2.24, 2.45) is 0 Å². The second kappa shape index (κ2) is 42.2. The quantitative estimate of drug-likeness (QED) is 0.0215. The molecular formula is C49H93NO7P+. The van der Waals surface area contributed by atoms with Crippen LogP contribution in [0.3, 0.4) is 0 Å². The molecule has 0 fully saturated rings. The Bertz CT molecular complexity index is 1070. The number of hydrogen-bond acceptors (Lipinski definition) is 6. The molecular weight excluding hydrogens is 746 g/mol. The van der Waals surface area contributed by atoms with Crippen molar-refractivity contribution in [3.8, 4) is 0 Å². The standard InChI is InChI=1S/C49H92NO7P/c1-6-8-10-12-14-16-18-20-22-24-25-26-27-29-31-33-35-37-39-41-44-54-46-48(47-56-58(52,53)55-45-43-50(3,4)5)57-49(51)42-40-38-36-34-32-30-28-23-21-19-17-15-13-11-9-7-2/h14,16,20,22-23,25-26,28,48H,6-13,15,17-19,21,24,27,29-47H2,1-5H3/p+1/b16-14-,22-20-,26-25-,28-23-. The van der Waals surface area contributed by atoms with Crippen LogP contribution in [0.1, 0.15) is 200 Å². The van der Waals surface area contributed by atoms with Crippen LogP contribution in [0.5, 0.6) is 0 Å². The first-order valence-corrected chi connectivity index (χ1v) is 25.4. The highest BCUT2D eigenvalue weighted by atomic mass is 31.2. The molecule has 0 radical (unpaired) electrons. The third-order valence-corrected chi connectivity index (χ3v) is 11.1. The van der Waals surface area contributed by atoms with Crippen LogP contribution in [0.4, 0.5) is 0 Å². The Morgan fingerprint density at radius 2 is 0.948 bits per heavy atom. The predicted octanol–water partition coefficient (Wildman–Crippen LogP) is 14.3. The number of quaternary nitrogens is 1. The summed E-state index contributed by atoms with van der Waals surface area (Å²) in [5, 5.41) is 0. The third kappa shape index (κ3) is 45.5. The van der Waals surface area contributed by atoms with Gasteiger partial charge in [0.25, 0.3) is 0 Å². The van der Waals surface area contributed by atoms with Gasteiger partial charge in [0.15, 0.2) is 0 Å². The Morgan fingerprint density at radius 3 is 1.47 bits per heavy atom. The summed E-state index contributed by atoms with van der Waals surface area (Å²) in [5.74, 6) is -0.326. The molecule has 0 saturated heterocycles. The van der Waals surface area contributed by atoms with E-state index in [1.807, 2.05) is 21.1 Å². The molecule has 9 heteroatoms. The molecule has 0 aliphatic rings. The molecule has 0 aliphatic carbocycles. The molecule has 0 spiro atoms. The van der Waals surface area contributed by atoms with Crippen molar-refractivity contribution in [2.75, 3.05) is 54.1 Å². The van der Waals surface area contributed by atoms with Crippen LogP contribution in [0.2, 0.25) is 0 Å². The molecule has 0 heterocycles. The summed E-state index contributed by atoms with van der Waals surface area (Å²) >= 11 is 0. The van der Waals surface area contributed by atoms with Crippen molar-refractivity contribution in [3.63, 3.8) is 0 Å². The first kappa shape index (κ1) is 56.5. The number of nitrogens with zero attached hydrogens (tertiary/aromatic N) is 1. The molecule has 1 N–H and O–H groups in total. The van der Waals surface area contributed by atoms with Crippen LogP contribution in [0.25, 0.3) is 0 Å². The molecule has 340 valence electrons. The maximum atomic E-state index is 12.7. The zero-order chi connectivity index (χ0) is 42.7. The van der Waals surface area contributed by atoms with Crippen LogP contribution in [-0.4, -0.2) is 75.6 Å². The average molecular weight is 839 g/mol. The average Bonchev–Trinajstić information content (AvgIpc) is 3.18. The number of unbranched alkanes of at least 4 members (excludes halogenated alkanes) is 22. The summed E-state index contributed by atoms with van der Waals surface area (Å²) < 4.78 is 35.1. The van der Waals surface area contributed by atoms with Crippen molar-refractivity contribution in [3.05, 3.63) is 48.6 Å². The van der Waals surface area contributed by atoms with E-state index < -0.39 is 13.9 Å². The van der Waals surface area contributed by atoms with Crippen molar-refractivity contribution in [1.82, 2.24) is 0 Å². The SMILES string of the molecule is CCCCC/C=C\C/C=C\C/C=C\CCCCCCCCCOCC(COP(=O)(O)OCC[N+](C)(C)C)OC(=O)CCCCCCC/C=C\CCCCCCCCC. The van der Waals surface area contributed by atoms with E-state index in [4.69, 9.17) is 18.5 Å². The molecule has 0 aliphatic heterocycles. The first-order valence-electron chi connectivity index (χ1n) is 23.9. The predicted molar refractivity (Wildman–Crippen MR) is 247 cm³/mol. The van der Waals surface area contributed by atoms with Gasteiger partial charge < -0.3 is 18.9 Å². The summed E-state index contributed by atoms with van der Waals surface area (Å²) in [6.45, 7) is 5.57. The molecule has 0 saturated carbocycles. The molecule has 0 aromatic heterocycles. The van der Waals surface area contributed by atoms with Crippen LogP contribution in [-0.2, 0) is 27.9 Å². The van der Waals surface area contributed by atoms with Gasteiger partial charge in [-0.05, 0) is 77.0 Å². The third-order valence-electron chi connectivity index (χ3n) is 10.1. The van der Waals surface area contributed by atoms with Gasteiger partial charge in [-0.1, -0.05) is 165 Å². The van der Waals surface area contributed by atoms with Crippen LogP contribution in [0, 0.1) is 0 Å². The van der Waals surface area contributed by atoms with Gasteiger partial charge in [0.05, 0.1) is 34.4 Å². The van der Waals surface area contributed by atoms with E-state index in [2.05, 4.69) is 62.5 Å². The number of carbonyl (C=O) groups is 1. The topological polar surface area (TPSA) is 91.3 Å². The number of hydrogen-bond donors (Lipinski definition) is 1. The highest BCUT2D eigenvalue weighted by Crippen LogP contribution is 2.43. The lowest BCUT2D eigenvalue weighted by Gasteiger charge is -2.24. The smallest absolute Gasteiger partial charge is 0.457 e. The molecule has 0 bridgehead atoms. The summed E-state index contributed by atoms with van der Waals surface area (Å²) in [6, 6.07) is 0. The van der Waals surface area contributed by atoms with Gasteiger partial charge in [0, 0.05) is 13.0 Å². The van der Waals surface area contributed by atoms with Gasteiger partial charge in [-0.2, -0.15) is 0 Å². The lowest BCUT2D eigenvalue weighted by molar-refractivity contribution is -0.870. The molecule has 58 heavy (non-hydrogen) atoms. The first-order chi connectivity index (χ1) is 28.1. The van der Waals surface area contributed by atoms with Gasteiger partial charge >= 0.3 is 13.8 Å². The second-order valence-corrected chi connectivity index (χ2v) is 18.6. The summed E-state index contributed by atoms with van der Waals surface area (Å²) in [6.07, 6.45) is 51.4. The zero-order valence-electron chi connectivity index (χ0n) is 38.5. The van der Waals surface area contributed by atoms with Crippen molar-refractivity contribution < 1.29 is 37.3 Å². The minimum absolute atomic E-state index is 0.0837. The molecule has 8 nitrogen and oxygen atoms in total. The highest BCUT2D eigenvalue weighted by Gasteiger charge is 2.26. The number of likely N-dealkylation sites (N-methyl/N-ethyl adjacent to an activating group) is 1. The Morgan fingerprint density at radius 1 is 0.534 bits per heavy atom. The maximum Gasteiger partial charge on any atom is 0.472 e. The van der Waals surface area contributed by atoms with Gasteiger partial charge in [-0.15, -0.1) is 0 Å². The van der Waals surface area contributed by atoms with Gasteiger partial charge in [0.1, 0.15) is 19.3 Å². The molecule has 0 rings (SSSR count). The maximum absolute atomic E-state index is 12.7. The van der Waals surface area contributed by atoms with Crippen molar-refractivity contribution >= 4 is 13.8 Å². The number of allylic oxidation sites excluding steroid dienone is 8. The number of carbonyl (C=O) groups excluding carboxylic acids is 1. The van der Waals surface area contributed by atoms with Crippen LogP contribution >= 0.6 is 7.82 Å². The second-order valence-electron chi connectivity index (χ2n) is 17.1. The summed E-state index contributed by atoms with van der Waals surface area (Å²) in [5.41, 5.74) is 0. The normalized spacial score (nSPS) is 14.1. The minimum atomic E-state index is -4.28. The van der Waals surface area contributed by atoms with E-state index in [0.29, 0.717) is 24.1 Å². The number of phosphoric acid groups is 1. The summed E-state index contributed by atoms with van der Waals surface area (Å²) in [4.78, 5) is 22.9. The largest absolute Gasteiger partial charge is 0.472 e. The fourth-order valence-electron chi connectivity index (χ4n) is 6.38. The van der Waals surface area contributed by atoms with E-state index in [1.165, 1.54) is 116 Å². The Labute approximate surface area is 358 Å². The number of rotatable bonds is 44. The monoisotopic (exact) mass is 839 g/mol. The lowest BCUT2D eigenvalue weighted by atomic mass is 10.1. The van der Waals surface area contributed by atoms with E-state index in [1.54, 1.807) is 0 Å². The Hall–Kier alpha value is -1.54. The van der Waals surface area contributed by atoms with E-state index in [-0.39, 0.29) is 25.8 Å². The number of phosphoric ester groups is 1. The van der Waals surface area contributed by atoms with E-state index in [0.717, 1.165) is 64.2 Å². The molecule has 0 aromatic rings. The summed E-state index contributed by atoms with van der Waals surface area (Å²) in [7, 11) is 1.65. The van der Waals surface area contributed by atoms with Gasteiger partial charge in [-0.25, -0.2) is 4.57 Å². The fraction of sp³-hybridized carbons (Fsp3) is 0.816. The highest BCUT2D eigenvalue weighted by molar-refractivity contribution is 7.47. The van der Waals surface area contributed by atoms with Crippen LogP contribution in [0.15, 0.2) is 48.6 Å². The minimum Gasteiger partial charge on any atom is -0.457 e. The van der Waals surface area contributed by atoms with Crippen LogP contribution < -0.4 is 0 Å². The Kier molecular flexibility index (Phi) is 41.0. The molecule has 0 amide bonds. The lowest BCUT2D eigenvalue weighted by Crippen LogP contribution is -2.37. The van der Waals surface area contributed by atoms with Gasteiger partial charge in [-0.3, -0.25) is 13.8 Å². The zero-order valence-corrected chi connectivity index (χ0v) is 39.4.